The molecule has 2 rings (SSSR count). The van der Waals surface area contributed by atoms with Crippen molar-refractivity contribution in [2.24, 2.45) is 5.73 Å². The summed E-state index contributed by atoms with van der Waals surface area (Å²) in [4.78, 5) is 0.958. The number of aromatic nitrogens is 2. The fourth-order valence-electron chi connectivity index (χ4n) is 1.29. The molecule has 1 aromatic heterocycles. The quantitative estimate of drug-likeness (QED) is 0.855. The van der Waals surface area contributed by atoms with E-state index in [-0.39, 0.29) is 6.04 Å². The molecule has 0 saturated heterocycles. The smallest absolute Gasteiger partial charge is 0.118 e. The Morgan fingerprint density at radius 1 is 1.33 bits per heavy atom. The second-order valence-electron chi connectivity index (χ2n) is 3.07. The summed E-state index contributed by atoms with van der Waals surface area (Å²) >= 11 is 1.32. The van der Waals surface area contributed by atoms with Crippen molar-refractivity contribution in [1.29, 1.82) is 0 Å². The van der Waals surface area contributed by atoms with E-state index in [9.17, 15) is 0 Å². The van der Waals surface area contributed by atoms with E-state index in [0.29, 0.717) is 0 Å². The number of methoxy groups -OCH3 is 1. The molecule has 0 amide bonds. The van der Waals surface area contributed by atoms with Gasteiger partial charge in [0.1, 0.15) is 5.75 Å². The number of benzene rings is 1. The molecule has 0 spiro atoms. The highest BCUT2D eigenvalue weighted by Gasteiger charge is 2.10. The van der Waals surface area contributed by atoms with E-state index in [1.807, 2.05) is 24.3 Å². The molecule has 5 heteroatoms. The van der Waals surface area contributed by atoms with Gasteiger partial charge in [-0.25, -0.2) is 0 Å². The third-order valence-corrected chi connectivity index (χ3v) is 2.91. The van der Waals surface area contributed by atoms with Crippen LogP contribution in [0.3, 0.4) is 0 Å². The van der Waals surface area contributed by atoms with Crippen molar-refractivity contribution < 1.29 is 4.74 Å². The number of nitrogens with two attached hydrogens (primary N) is 1. The molecule has 2 aromatic rings. The maximum Gasteiger partial charge on any atom is 0.118 e. The van der Waals surface area contributed by atoms with Crippen molar-refractivity contribution in [3.63, 3.8) is 0 Å². The standard InChI is InChI=1S/C10H11N3OS/c1-14-8-4-2-7(3-5-8)10(11)9-6-12-13-15-9/h2-6,10H,11H2,1H3. The van der Waals surface area contributed by atoms with Gasteiger partial charge >= 0.3 is 0 Å². The molecular formula is C10H11N3OS. The van der Waals surface area contributed by atoms with Crippen LogP contribution in [0, 0.1) is 0 Å². The predicted molar refractivity (Wildman–Crippen MR) is 58.9 cm³/mol. The Hall–Kier alpha value is -1.46. The molecular weight excluding hydrogens is 210 g/mol. The average molecular weight is 221 g/mol. The van der Waals surface area contributed by atoms with Crippen molar-refractivity contribution in [3.8, 4) is 5.75 Å². The summed E-state index contributed by atoms with van der Waals surface area (Å²) in [6.07, 6.45) is 1.69. The molecule has 1 heterocycles. The third kappa shape index (κ3) is 2.14. The summed E-state index contributed by atoms with van der Waals surface area (Å²) in [7, 11) is 1.64. The zero-order valence-electron chi connectivity index (χ0n) is 8.25. The Bertz CT molecular complexity index is 413. The van der Waals surface area contributed by atoms with Gasteiger partial charge < -0.3 is 10.5 Å². The Morgan fingerprint density at radius 3 is 2.60 bits per heavy atom. The number of ether oxygens (including phenoxy) is 1. The Balaban J connectivity index is 2.22. The predicted octanol–water partition coefficient (Wildman–Crippen LogP) is 1.59. The SMILES string of the molecule is COc1ccc(C(N)c2cnns2)cc1. The van der Waals surface area contributed by atoms with Crippen molar-refractivity contribution >= 4 is 11.5 Å². The number of rotatable bonds is 3. The molecule has 0 fully saturated rings. The van der Waals surface area contributed by atoms with Crippen LogP contribution in [0.15, 0.2) is 30.5 Å². The Labute approximate surface area is 91.9 Å². The summed E-state index contributed by atoms with van der Waals surface area (Å²) in [5.41, 5.74) is 7.07. The second-order valence-corrected chi connectivity index (χ2v) is 3.89. The van der Waals surface area contributed by atoms with E-state index in [2.05, 4.69) is 9.59 Å². The van der Waals surface area contributed by atoms with Gasteiger partial charge in [0.2, 0.25) is 0 Å². The van der Waals surface area contributed by atoms with Gasteiger partial charge in [-0.15, -0.1) is 5.10 Å². The average Bonchev–Trinajstić information content (AvgIpc) is 2.82. The van der Waals surface area contributed by atoms with Gasteiger partial charge in [-0.3, -0.25) is 0 Å². The molecule has 0 saturated carbocycles. The van der Waals surface area contributed by atoms with Gasteiger partial charge in [-0.05, 0) is 29.2 Å². The molecule has 0 aliphatic carbocycles. The zero-order chi connectivity index (χ0) is 10.7. The molecule has 0 radical (unpaired) electrons. The largest absolute Gasteiger partial charge is 0.497 e. The first-order valence-corrected chi connectivity index (χ1v) is 5.25. The molecule has 0 aliphatic heterocycles. The molecule has 0 bridgehead atoms. The van der Waals surface area contributed by atoms with Crippen LogP contribution in [0.2, 0.25) is 0 Å². The van der Waals surface area contributed by atoms with E-state index in [4.69, 9.17) is 10.5 Å². The number of nitrogens with zero attached hydrogens (tertiary/aromatic N) is 2. The van der Waals surface area contributed by atoms with Crippen LogP contribution in [0.1, 0.15) is 16.5 Å². The van der Waals surface area contributed by atoms with Gasteiger partial charge in [0.05, 0.1) is 24.2 Å². The van der Waals surface area contributed by atoms with Crippen LogP contribution in [0.5, 0.6) is 5.75 Å². The van der Waals surface area contributed by atoms with E-state index >= 15 is 0 Å². The maximum atomic E-state index is 6.04. The number of hydrogen-bond acceptors (Lipinski definition) is 5. The van der Waals surface area contributed by atoms with Gasteiger partial charge in [-0.1, -0.05) is 16.6 Å². The molecule has 15 heavy (non-hydrogen) atoms. The fraction of sp³-hybridized carbons (Fsp3) is 0.200. The third-order valence-electron chi connectivity index (χ3n) is 2.16. The van der Waals surface area contributed by atoms with E-state index < -0.39 is 0 Å². The van der Waals surface area contributed by atoms with Crippen LogP contribution < -0.4 is 10.5 Å². The summed E-state index contributed by atoms with van der Waals surface area (Å²) in [5, 5.41) is 3.77. The minimum Gasteiger partial charge on any atom is -0.497 e. The monoisotopic (exact) mass is 221 g/mol. The molecule has 4 nitrogen and oxygen atoms in total. The molecule has 1 unspecified atom stereocenters. The van der Waals surface area contributed by atoms with Crippen LogP contribution in [-0.4, -0.2) is 16.7 Å². The van der Waals surface area contributed by atoms with Crippen LogP contribution >= 0.6 is 11.5 Å². The summed E-state index contributed by atoms with van der Waals surface area (Å²) in [6.45, 7) is 0. The minimum absolute atomic E-state index is 0.157. The summed E-state index contributed by atoms with van der Waals surface area (Å²) in [5.74, 6) is 0.827. The molecule has 78 valence electrons. The van der Waals surface area contributed by atoms with Gasteiger partial charge in [0.25, 0.3) is 0 Å². The van der Waals surface area contributed by atoms with Crippen LogP contribution in [0.4, 0.5) is 0 Å². The lowest BCUT2D eigenvalue weighted by molar-refractivity contribution is 0.414. The fourth-order valence-corrected chi connectivity index (χ4v) is 1.82. The highest BCUT2D eigenvalue weighted by atomic mass is 32.1. The molecule has 2 N–H and O–H groups in total. The van der Waals surface area contributed by atoms with Crippen molar-refractivity contribution in [2.75, 3.05) is 7.11 Å². The highest BCUT2D eigenvalue weighted by molar-refractivity contribution is 7.05. The summed E-state index contributed by atoms with van der Waals surface area (Å²) in [6, 6.07) is 7.52. The molecule has 1 aromatic carbocycles. The topological polar surface area (TPSA) is 61.0 Å². The van der Waals surface area contributed by atoms with E-state index in [0.717, 1.165) is 16.2 Å². The summed E-state index contributed by atoms with van der Waals surface area (Å²) < 4.78 is 8.87. The Kier molecular flexibility index (Phi) is 2.94. The van der Waals surface area contributed by atoms with Crippen molar-refractivity contribution in [2.45, 2.75) is 6.04 Å². The Morgan fingerprint density at radius 2 is 2.07 bits per heavy atom. The van der Waals surface area contributed by atoms with Gasteiger partial charge in [0.15, 0.2) is 0 Å². The first-order valence-electron chi connectivity index (χ1n) is 4.48. The maximum absolute atomic E-state index is 6.04. The highest BCUT2D eigenvalue weighted by Crippen LogP contribution is 2.22. The lowest BCUT2D eigenvalue weighted by Gasteiger charge is -2.09. The first-order chi connectivity index (χ1) is 7.31. The molecule has 0 aliphatic rings. The molecule has 1 atom stereocenters. The van der Waals surface area contributed by atoms with Crippen molar-refractivity contribution in [3.05, 3.63) is 40.9 Å². The van der Waals surface area contributed by atoms with E-state index in [1.54, 1.807) is 13.3 Å². The van der Waals surface area contributed by atoms with Crippen molar-refractivity contribution in [1.82, 2.24) is 9.59 Å². The zero-order valence-corrected chi connectivity index (χ0v) is 9.07. The lowest BCUT2D eigenvalue weighted by Crippen LogP contribution is -2.09. The van der Waals surface area contributed by atoms with Crippen LogP contribution in [-0.2, 0) is 0 Å². The van der Waals surface area contributed by atoms with Gasteiger partial charge in [-0.2, -0.15) is 0 Å². The lowest BCUT2D eigenvalue weighted by atomic mass is 10.1. The van der Waals surface area contributed by atoms with Gasteiger partial charge in [0, 0.05) is 0 Å². The van der Waals surface area contributed by atoms with Crippen LogP contribution in [0.25, 0.3) is 0 Å². The van der Waals surface area contributed by atoms with E-state index in [1.165, 1.54) is 11.5 Å². The second kappa shape index (κ2) is 4.37. The minimum atomic E-state index is -0.157. The first kappa shape index (κ1) is 10.1. The number of hydrogen-bond donors (Lipinski definition) is 1. The normalized spacial score (nSPS) is 12.4.